The van der Waals surface area contributed by atoms with E-state index in [2.05, 4.69) is 26.0 Å². The molecule has 0 heterocycles. The lowest BCUT2D eigenvalue weighted by molar-refractivity contribution is 0.178. The van der Waals surface area contributed by atoms with E-state index in [1.165, 1.54) is 5.56 Å². The highest BCUT2D eigenvalue weighted by Gasteiger charge is 2.16. The van der Waals surface area contributed by atoms with Gasteiger partial charge >= 0.3 is 0 Å². The van der Waals surface area contributed by atoms with E-state index in [0.717, 1.165) is 29.7 Å². The number of hydrogen-bond donors (Lipinski definition) is 4. The lowest BCUT2D eigenvalue weighted by Gasteiger charge is -2.21. The molecule has 4 N–H and O–H groups in total. The molecule has 7 nitrogen and oxygen atoms in total. The minimum absolute atomic E-state index is 0.0443. The van der Waals surface area contributed by atoms with Crippen LogP contribution in [-0.4, -0.2) is 66.7 Å². The van der Waals surface area contributed by atoms with Crippen LogP contribution in [0.5, 0.6) is 17.2 Å². The second-order valence-corrected chi connectivity index (χ2v) is 8.65. The van der Waals surface area contributed by atoms with Crippen LogP contribution in [0.4, 0.5) is 0 Å². The highest BCUT2D eigenvalue weighted by Crippen LogP contribution is 2.31. The summed E-state index contributed by atoms with van der Waals surface area (Å²) in [6.07, 6.45) is 6.20. The van der Waals surface area contributed by atoms with Gasteiger partial charge in [0.05, 0.1) is 19.8 Å². The van der Waals surface area contributed by atoms with Crippen LogP contribution in [0.1, 0.15) is 37.0 Å². The molecule has 0 aliphatic carbocycles. The molecule has 35 heavy (non-hydrogen) atoms. The third-order valence-electron chi connectivity index (χ3n) is 5.81. The first-order valence-electron chi connectivity index (χ1n) is 12.3. The summed E-state index contributed by atoms with van der Waals surface area (Å²) in [5.74, 6) is 2.64. The van der Waals surface area contributed by atoms with E-state index in [1.807, 2.05) is 36.4 Å². The van der Waals surface area contributed by atoms with Crippen molar-refractivity contribution in [1.29, 1.82) is 0 Å². The third-order valence-corrected chi connectivity index (χ3v) is 5.81. The van der Waals surface area contributed by atoms with Crippen LogP contribution in [0.2, 0.25) is 0 Å². The van der Waals surface area contributed by atoms with Crippen molar-refractivity contribution in [3.05, 3.63) is 59.2 Å². The van der Waals surface area contributed by atoms with E-state index in [0.29, 0.717) is 29.8 Å². The molecule has 0 radical (unpaired) electrons. The van der Waals surface area contributed by atoms with Gasteiger partial charge in [-0.15, -0.1) is 0 Å². The highest BCUT2D eigenvalue weighted by molar-refractivity contribution is 5.58. The highest BCUT2D eigenvalue weighted by atomic mass is 16.5. The van der Waals surface area contributed by atoms with E-state index in [-0.39, 0.29) is 46.2 Å². The smallest absolute Gasteiger partial charge is 0.161 e. The number of rotatable bonds is 17. The molecule has 0 amide bonds. The molecule has 0 spiro atoms. The van der Waals surface area contributed by atoms with Gasteiger partial charge in [-0.3, -0.25) is 0 Å². The predicted molar refractivity (Wildman–Crippen MR) is 137 cm³/mol. The first-order valence-corrected chi connectivity index (χ1v) is 12.3. The molecule has 0 aromatic heterocycles. The van der Waals surface area contributed by atoms with E-state index in [4.69, 9.17) is 34.6 Å². The number of aliphatic hydroxyl groups is 4. The largest absolute Gasteiger partial charge is 0.491 e. The third kappa shape index (κ3) is 9.90. The Hall–Kier alpha value is -2.58. The van der Waals surface area contributed by atoms with E-state index in [1.54, 1.807) is 0 Å². The van der Waals surface area contributed by atoms with E-state index >= 15 is 0 Å². The van der Waals surface area contributed by atoms with Crippen molar-refractivity contribution in [3.63, 3.8) is 0 Å². The summed E-state index contributed by atoms with van der Waals surface area (Å²) in [7, 11) is 0. The fourth-order valence-corrected chi connectivity index (χ4v) is 3.80. The zero-order chi connectivity index (χ0) is 25.5. The van der Waals surface area contributed by atoms with Crippen molar-refractivity contribution in [2.75, 3.05) is 46.2 Å². The minimum Gasteiger partial charge on any atom is -0.491 e. The molecule has 0 saturated carbocycles. The quantitative estimate of drug-likeness (QED) is 0.271. The Morgan fingerprint density at radius 1 is 0.657 bits per heavy atom. The first-order chi connectivity index (χ1) is 17.0. The molecule has 2 aromatic rings. The van der Waals surface area contributed by atoms with Crippen LogP contribution in [0.3, 0.4) is 0 Å². The van der Waals surface area contributed by atoms with Crippen molar-refractivity contribution in [2.45, 2.75) is 33.1 Å². The summed E-state index contributed by atoms with van der Waals surface area (Å²) in [4.78, 5) is 0. The fraction of sp³-hybridized carbons (Fsp3) is 0.500. The fourth-order valence-electron chi connectivity index (χ4n) is 3.80. The second-order valence-electron chi connectivity index (χ2n) is 8.65. The zero-order valence-corrected chi connectivity index (χ0v) is 20.9. The zero-order valence-electron chi connectivity index (χ0n) is 20.9. The van der Waals surface area contributed by atoms with Crippen LogP contribution in [-0.2, 0) is 12.8 Å². The summed E-state index contributed by atoms with van der Waals surface area (Å²) in [5, 5.41) is 36.3. The van der Waals surface area contributed by atoms with Gasteiger partial charge in [0.15, 0.2) is 11.5 Å². The molecule has 0 unspecified atom stereocenters. The molecule has 0 bridgehead atoms. The molecular weight excluding hydrogens is 448 g/mol. The van der Waals surface area contributed by atoms with Gasteiger partial charge in [-0.05, 0) is 66.5 Å². The van der Waals surface area contributed by atoms with Crippen LogP contribution in [0.25, 0.3) is 6.08 Å². The predicted octanol–water partition coefficient (Wildman–Crippen LogP) is 3.25. The van der Waals surface area contributed by atoms with E-state index < -0.39 is 0 Å². The summed E-state index contributed by atoms with van der Waals surface area (Å²) < 4.78 is 16.9. The summed E-state index contributed by atoms with van der Waals surface area (Å²) >= 11 is 0. The molecule has 2 rings (SSSR count). The van der Waals surface area contributed by atoms with Crippen molar-refractivity contribution >= 4 is 6.08 Å². The Labute approximate surface area is 208 Å². The average Bonchev–Trinajstić information content (AvgIpc) is 2.86. The van der Waals surface area contributed by atoms with Gasteiger partial charge in [0.1, 0.15) is 25.6 Å². The molecule has 7 heteroatoms. The number of benzene rings is 2. The Bertz CT molecular complexity index is 897. The Balaban J connectivity index is 2.09. The van der Waals surface area contributed by atoms with Gasteiger partial charge < -0.3 is 34.6 Å². The topological polar surface area (TPSA) is 109 Å². The lowest BCUT2D eigenvalue weighted by Crippen LogP contribution is -2.14. The monoisotopic (exact) mass is 488 g/mol. The molecule has 0 aliphatic rings. The van der Waals surface area contributed by atoms with Crippen molar-refractivity contribution in [3.8, 4) is 17.2 Å². The van der Waals surface area contributed by atoms with Gasteiger partial charge in [0.2, 0.25) is 0 Å². The van der Waals surface area contributed by atoms with Crippen LogP contribution in [0, 0.1) is 11.8 Å². The maximum atomic E-state index is 9.12. The van der Waals surface area contributed by atoms with Gasteiger partial charge in [0.25, 0.3) is 0 Å². The second kappa shape index (κ2) is 16.2. The molecule has 0 aliphatic heterocycles. The lowest BCUT2D eigenvalue weighted by atomic mass is 9.85. The molecule has 0 fully saturated rings. The average molecular weight is 489 g/mol. The van der Waals surface area contributed by atoms with Gasteiger partial charge in [-0.1, -0.05) is 38.1 Å². The van der Waals surface area contributed by atoms with Crippen molar-refractivity contribution in [2.24, 2.45) is 11.8 Å². The number of hydrogen-bond acceptors (Lipinski definition) is 7. The molecule has 0 saturated heterocycles. The van der Waals surface area contributed by atoms with Crippen molar-refractivity contribution < 1.29 is 34.6 Å². The molecule has 2 atom stereocenters. The summed E-state index contributed by atoms with van der Waals surface area (Å²) in [6, 6.07) is 11.9. The maximum absolute atomic E-state index is 9.12. The van der Waals surface area contributed by atoms with Crippen LogP contribution >= 0.6 is 0 Å². The Morgan fingerprint density at radius 3 is 1.74 bits per heavy atom. The standard InChI is InChI=1S/C28H40O7/c1-21(17-23-6-8-26(33-14-11-30)25(19-23)5-3-4-10-29)22(2)18-24-7-9-27(34-15-12-31)28(20-24)35-16-13-32/h3,5-9,19-22,29-32H,4,10-18H2,1-2H3/b5-3-/t21-,22+/m0/s1. The number of ether oxygens (including phenoxy) is 3. The number of aliphatic hydroxyl groups excluding tert-OH is 4. The van der Waals surface area contributed by atoms with Gasteiger partial charge in [-0.2, -0.15) is 0 Å². The molecular formula is C28H40O7. The van der Waals surface area contributed by atoms with Gasteiger partial charge in [0, 0.05) is 12.2 Å². The minimum atomic E-state index is -0.0852. The molecule has 2 aromatic carbocycles. The summed E-state index contributed by atoms with van der Waals surface area (Å²) in [6.45, 7) is 4.96. The van der Waals surface area contributed by atoms with Crippen LogP contribution in [0.15, 0.2) is 42.5 Å². The normalized spacial score (nSPS) is 13.1. The first kappa shape index (κ1) is 28.7. The Morgan fingerprint density at radius 2 is 1.17 bits per heavy atom. The molecule has 194 valence electrons. The summed E-state index contributed by atoms with van der Waals surface area (Å²) in [5.41, 5.74) is 3.26. The van der Waals surface area contributed by atoms with Crippen LogP contribution < -0.4 is 14.2 Å². The van der Waals surface area contributed by atoms with Gasteiger partial charge in [-0.25, -0.2) is 0 Å². The maximum Gasteiger partial charge on any atom is 0.161 e. The van der Waals surface area contributed by atoms with E-state index in [9.17, 15) is 0 Å². The Kier molecular flexibility index (Phi) is 13.2. The SMILES string of the molecule is C[C@H](Cc1ccc(OCCO)c(OCCO)c1)[C@@H](C)Cc1ccc(OCCO)c(/C=C\CCO)c1. The van der Waals surface area contributed by atoms with Crippen molar-refractivity contribution in [1.82, 2.24) is 0 Å².